The molecule has 2 aliphatic rings. The summed E-state index contributed by atoms with van der Waals surface area (Å²) < 4.78 is 0. The fourth-order valence-electron chi connectivity index (χ4n) is 3.94. The fourth-order valence-corrected chi connectivity index (χ4v) is 3.94. The van der Waals surface area contributed by atoms with Gasteiger partial charge in [-0.1, -0.05) is 39.5 Å². The van der Waals surface area contributed by atoms with Crippen molar-refractivity contribution in [1.82, 2.24) is 4.90 Å². The van der Waals surface area contributed by atoms with Gasteiger partial charge < -0.3 is 10.0 Å². The molecule has 1 amide bonds. The third-order valence-corrected chi connectivity index (χ3v) is 5.66. The molecular formula is C17H29NO3. The van der Waals surface area contributed by atoms with E-state index in [2.05, 4.69) is 0 Å². The standard InChI is InChI=1S/C17H29NO3/c1-13(2)17(16(20)21)10-11-18(12-17)15(19)9-5-8-14-6-3-4-7-14/h13-14H,3-12H2,1-2H3,(H,20,21). The Morgan fingerprint density at radius 3 is 2.48 bits per heavy atom. The van der Waals surface area contributed by atoms with Crippen molar-refractivity contribution in [2.45, 2.75) is 65.2 Å². The second-order valence-corrected chi connectivity index (χ2v) is 7.22. The van der Waals surface area contributed by atoms with Gasteiger partial charge in [0.15, 0.2) is 0 Å². The molecule has 4 heteroatoms. The van der Waals surface area contributed by atoms with E-state index in [0.29, 0.717) is 25.9 Å². The summed E-state index contributed by atoms with van der Waals surface area (Å²) in [6.45, 7) is 4.89. The van der Waals surface area contributed by atoms with Crippen molar-refractivity contribution >= 4 is 11.9 Å². The molecule has 2 rings (SSSR count). The number of amides is 1. The number of hydrogen-bond donors (Lipinski definition) is 1. The highest BCUT2D eigenvalue weighted by Gasteiger charge is 2.48. The zero-order valence-corrected chi connectivity index (χ0v) is 13.4. The van der Waals surface area contributed by atoms with Gasteiger partial charge in [0.1, 0.15) is 0 Å². The van der Waals surface area contributed by atoms with Crippen LogP contribution in [0.4, 0.5) is 0 Å². The van der Waals surface area contributed by atoms with E-state index in [-0.39, 0.29) is 11.8 Å². The molecule has 1 saturated heterocycles. The molecule has 1 atom stereocenters. The lowest BCUT2D eigenvalue weighted by Gasteiger charge is -2.28. The van der Waals surface area contributed by atoms with Crippen molar-refractivity contribution in [3.63, 3.8) is 0 Å². The van der Waals surface area contributed by atoms with Crippen LogP contribution in [0.25, 0.3) is 0 Å². The maximum absolute atomic E-state index is 12.3. The molecule has 0 aromatic carbocycles. The zero-order valence-electron chi connectivity index (χ0n) is 13.4. The lowest BCUT2D eigenvalue weighted by Crippen LogP contribution is -2.40. The Bertz CT molecular complexity index is 387. The van der Waals surface area contributed by atoms with E-state index < -0.39 is 11.4 Å². The molecule has 1 saturated carbocycles. The number of carbonyl (C=O) groups is 2. The molecule has 2 fully saturated rings. The van der Waals surface area contributed by atoms with E-state index in [1.807, 2.05) is 13.8 Å². The van der Waals surface area contributed by atoms with Gasteiger partial charge in [-0.25, -0.2) is 0 Å². The van der Waals surface area contributed by atoms with Gasteiger partial charge in [-0.2, -0.15) is 0 Å². The molecule has 4 nitrogen and oxygen atoms in total. The minimum atomic E-state index is -0.751. The third kappa shape index (κ3) is 3.58. The summed E-state index contributed by atoms with van der Waals surface area (Å²) in [6, 6.07) is 0. The molecule has 1 aliphatic heterocycles. The van der Waals surface area contributed by atoms with Crippen molar-refractivity contribution in [2.24, 2.45) is 17.3 Å². The summed E-state index contributed by atoms with van der Waals surface area (Å²) in [6.07, 6.45) is 8.65. The van der Waals surface area contributed by atoms with Gasteiger partial charge >= 0.3 is 5.97 Å². The fraction of sp³-hybridized carbons (Fsp3) is 0.882. The minimum absolute atomic E-state index is 0.0614. The summed E-state index contributed by atoms with van der Waals surface area (Å²) in [5.41, 5.74) is -0.735. The second-order valence-electron chi connectivity index (χ2n) is 7.22. The summed E-state index contributed by atoms with van der Waals surface area (Å²) in [5.74, 6) is 0.284. The Morgan fingerprint density at radius 1 is 1.29 bits per heavy atom. The lowest BCUT2D eigenvalue weighted by molar-refractivity contribution is -0.151. The topological polar surface area (TPSA) is 57.6 Å². The molecule has 1 heterocycles. The number of aliphatic carboxylic acids is 1. The van der Waals surface area contributed by atoms with Gasteiger partial charge in [-0.3, -0.25) is 9.59 Å². The Hall–Kier alpha value is -1.06. The molecular weight excluding hydrogens is 266 g/mol. The van der Waals surface area contributed by atoms with Crippen LogP contribution in [0.3, 0.4) is 0 Å². The van der Waals surface area contributed by atoms with Gasteiger partial charge in [0.2, 0.25) is 5.91 Å². The quantitative estimate of drug-likeness (QED) is 0.818. The van der Waals surface area contributed by atoms with E-state index in [9.17, 15) is 14.7 Å². The molecule has 0 bridgehead atoms. The first-order valence-electron chi connectivity index (χ1n) is 8.47. The van der Waals surface area contributed by atoms with Gasteiger partial charge in [-0.05, 0) is 31.1 Å². The van der Waals surface area contributed by atoms with Crippen LogP contribution in [0, 0.1) is 17.3 Å². The van der Waals surface area contributed by atoms with Crippen LogP contribution in [0.5, 0.6) is 0 Å². The van der Waals surface area contributed by atoms with Crippen molar-refractivity contribution in [1.29, 1.82) is 0 Å². The minimum Gasteiger partial charge on any atom is -0.481 e. The molecule has 120 valence electrons. The van der Waals surface area contributed by atoms with Crippen LogP contribution < -0.4 is 0 Å². The van der Waals surface area contributed by atoms with Crippen molar-refractivity contribution in [3.05, 3.63) is 0 Å². The Labute approximate surface area is 127 Å². The number of hydrogen-bond acceptors (Lipinski definition) is 2. The Morgan fingerprint density at radius 2 is 1.95 bits per heavy atom. The summed E-state index contributed by atoms with van der Waals surface area (Å²) in [5, 5.41) is 9.52. The van der Waals surface area contributed by atoms with E-state index in [1.54, 1.807) is 4.90 Å². The molecule has 0 spiro atoms. The predicted molar refractivity (Wildman–Crippen MR) is 81.9 cm³/mol. The average Bonchev–Trinajstić information content (AvgIpc) is 3.08. The predicted octanol–water partition coefficient (Wildman–Crippen LogP) is 3.31. The summed E-state index contributed by atoms with van der Waals surface area (Å²) in [7, 11) is 0. The van der Waals surface area contributed by atoms with Gasteiger partial charge in [0.05, 0.1) is 5.41 Å². The number of nitrogens with zero attached hydrogens (tertiary/aromatic N) is 1. The first-order chi connectivity index (χ1) is 9.95. The van der Waals surface area contributed by atoms with Gasteiger partial charge in [0.25, 0.3) is 0 Å². The number of carboxylic acid groups (broad SMARTS) is 1. The second kappa shape index (κ2) is 6.80. The van der Waals surface area contributed by atoms with Crippen LogP contribution in [-0.4, -0.2) is 35.0 Å². The number of rotatable bonds is 6. The SMILES string of the molecule is CC(C)C1(C(=O)O)CCN(C(=O)CCCC2CCCC2)C1. The normalized spacial score (nSPS) is 26.7. The molecule has 21 heavy (non-hydrogen) atoms. The molecule has 1 aliphatic carbocycles. The maximum Gasteiger partial charge on any atom is 0.311 e. The Kier molecular flexibility index (Phi) is 5.28. The van der Waals surface area contributed by atoms with E-state index in [0.717, 1.165) is 18.8 Å². The molecule has 0 aromatic rings. The van der Waals surface area contributed by atoms with Gasteiger partial charge in [0, 0.05) is 19.5 Å². The van der Waals surface area contributed by atoms with Crippen LogP contribution in [0.2, 0.25) is 0 Å². The van der Waals surface area contributed by atoms with Crippen LogP contribution >= 0.6 is 0 Å². The van der Waals surface area contributed by atoms with E-state index in [1.165, 1.54) is 25.7 Å². The monoisotopic (exact) mass is 295 g/mol. The smallest absolute Gasteiger partial charge is 0.311 e. The van der Waals surface area contributed by atoms with E-state index in [4.69, 9.17) is 0 Å². The van der Waals surface area contributed by atoms with Crippen LogP contribution in [-0.2, 0) is 9.59 Å². The maximum atomic E-state index is 12.3. The van der Waals surface area contributed by atoms with Crippen LogP contribution in [0.15, 0.2) is 0 Å². The van der Waals surface area contributed by atoms with Crippen LogP contribution in [0.1, 0.15) is 65.2 Å². The number of carbonyl (C=O) groups excluding carboxylic acids is 1. The third-order valence-electron chi connectivity index (χ3n) is 5.66. The number of carboxylic acids is 1. The summed E-state index contributed by atoms with van der Waals surface area (Å²) in [4.78, 5) is 25.6. The van der Waals surface area contributed by atoms with E-state index >= 15 is 0 Å². The van der Waals surface area contributed by atoms with Crippen molar-refractivity contribution in [2.75, 3.05) is 13.1 Å². The highest BCUT2D eigenvalue weighted by Crippen LogP contribution is 2.38. The first kappa shape index (κ1) is 16.3. The lowest BCUT2D eigenvalue weighted by atomic mass is 9.76. The Balaban J connectivity index is 1.79. The zero-order chi connectivity index (χ0) is 15.5. The highest BCUT2D eigenvalue weighted by molar-refractivity contribution is 5.80. The largest absolute Gasteiger partial charge is 0.481 e. The molecule has 1 N–H and O–H groups in total. The van der Waals surface area contributed by atoms with Crippen molar-refractivity contribution in [3.8, 4) is 0 Å². The molecule has 0 radical (unpaired) electrons. The summed E-state index contributed by atoms with van der Waals surface area (Å²) >= 11 is 0. The molecule has 1 unspecified atom stereocenters. The van der Waals surface area contributed by atoms with Gasteiger partial charge in [-0.15, -0.1) is 0 Å². The number of likely N-dealkylation sites (tertiary alicyclic amines) is 1. The van der Waals surface area contributed by atoms with Crippen molar-refractivity contribution < 1.29 is 14.7 Å². The first-order valence-corrected chi connectivity index (χ1v) is 8.47. The average molecular weight is 295 g/mol. The molecule has 0 aromatic heterocycles. The highest BCUT2D eigenvalue weighted by atomic mass is 16.4.